The van der Waals surface area contributed by atoms with Gasteiger partial charge in [0.25, 0.3) is 5.91 Å². The normalized spacial score (nSPS) is 10.0. The molecule has 1 aromatic rings. The van der Waals surface area contributed by atoms with Gasteiger partial charge in [-0.3, -0.25) is 9.78 Å². The van der Waals surface area contributed by atoms with Crippen molar-refractivity contribution in [1.82, 2.24) is 10.3 Å². The topological polar surface area (TPSA) is 54.0 Å². The molecule has 94 valence electrons. The van der Waals surface area contributed by atoms with Gasteiger partial charge in [-0.15, -0.1) is 0 Å². The summed E-state index contributed by atoms with van der Waals surface area (Å²) >= 11 is 0. The molecular weight excluding hydrogens is 214 g/mol. The molecule has 2 N–H and O–H groups in total. The minimum Gasteiger partial charge on any atom is -0.385 e. The molecular formula is C13H21N3O. The molecule has 17 heavy (non-hydrogen) atoms. The Morgan fingerprint density at radius 3 is 2.88 bits per heavy atom. The van der Waals surface area contributed by atoms with E-state index in [-0.39, 0.29) is 5.91 Å². The van der Waals surface area contributed by atoms with E-state index in [1.807, 2.05) is 13.0 Å². The second-order valence-electron chi connectivity index (χ2n) is 3.91. The van der Waals surface area contributed by atoms with Gasteiger partial charge in [-0.05, 0) is 19.4 Å². The van der Waals surface area contributed by atoms with Crippen molar-refractivity contribution < 1.29 is 4.79 Å². The first-order valence-electron chi connectivity index (χ1n) is 6.25. The maximum absolute atomic E-state index is 11.9. The van der Waals surface area contributed by atoms with Crippen LogP contribution in [0.4, 0.5) is 5.69 Å². The van der Waals surface area contributed by atoms with Crippen LogP contribution in [0.2, 0.25) is 0 Å². The van der Waals surface area contributed by atoms with Crippen LogP contribution in [0.1, 0.15) is 43.5 Å². The fraction of sp³-hybridized carbons (Fsp3) is 0.538. The number of carbonyl (C=O) groups is 1. The molecule has 0 unspecified atom stereocenters. The number of amides is 1. The number of hydrogen-bond acceptors (Lipinski definition) is 3. The zero-order chi connectivity index (χ0) is 12.5. The summed E-state index contributed by atoms with van der Waals surface area (Å²) in [6.07, 6.45) is 6.62. The Morgan fingerprint density at radius 2 is 2.18 bits per heavy atom. The number of pyridine rings is 1. The van der Waals surface area contributed by atoms with Crippen molar-refractivity contribution >= 4 is 11.6 Å². The number of rotatable bonds is 7. The molecule has 0 saturated heterocycles. The molecule has 0 spiro atoms. The van der Waals surface area contributed by atoms with Crippen molar-refractivity contribution in [2.75, 3.05) is 18.4 Å². The van der Waals surface area contributed by atoms with Crippen LogP contribution in [-0.4, -0.2) is 24.0 Å². The number of nitrogens with zero attached hydrogens (tertiary/aromatic N) is 1. The van der Waals surface area contributed by atoms with Crippen LogP contribution < -0.4 is 10.6 Å². The van der Waals surface area contributed by atoms with Crippen molar-refractivity contribution in [2.24, 2.45) is 0 Å². The van der Waals surface area contributed by atoms with Crippen molar-refractivity contribution in [2.45, 2.75) is 33.1 Å². The largest absolute Gasteiger partial charge is 0.385 e. The highest BCUT2D eigenvalue weighted by atomic mass is 16.1. The third-order valence-corrected chi connectivity index (χ3v) is 2.50. The predicted molar refractivity (Wildman–Crippen MR) is 70.3 cm³/mol. The van der Waals surface area contributed by atoms with Crippen molar-refractivity contribution in [1.29, 1.82) is 0 Å². The van der Waals surface area contributed by atoms with Gasteiger partial charge in [0.05, 0.1) is 11.3 Å². The van der Waals surface area contributed by atoms with Crippen LogP contribution in [0.3, 0.4) is 0 Å². The van der Waals surface area contributed by atoms with E-state index in [1.54, 1.807) is 12.4 Å². The van der Waals surface area contributed by atoms with Crippen molar-refractivity contribution in [3.8, 4) is 0 Å². The summed E-state index contributed by atoms with van der Waals surface area (Å²) in [6.45, 7) is 5.67. The first kappa shape index (κ1) is 13.5. The van der Waals surface area contributed by atoms with Gasteiger partial charge >= 0.3 is 0 Å². The molecule has 0 atom stereocenters. The first-order valence-corrected chi connectivity index (χ1v) is 6.25. The summed E-state index contributed by atoms with van der Waals surface area (Å²) in [6, 6.07) is 1.82. The number of nitrogens with one attached hydrogen (secondary N) is 2. The summed E-state index contributed by atoms with van der Waals surface area (Å²) < 4.78 is 0. The van der Waals surface area contributed by atoms with E-state index in [0.717, 1.165) is 38.0 Å². The second kappa shape index (κ2) is 7.65. The van der Waals surface area contributed by atoms with Crippen LogP contribution in [0.15, 0.2) is 18.5 Å². The zero-order valence-corrected chi connectivity index (χ0v) is 10.6. The number of unbranched alkanes of at least 4 members (excludes halogenated alkanes) is 2. The average Bonchev–Trinajstić information content (AvgIpc) is 2.35. The lowest BCUT2D eigenvalue weighted by atomic mass is 10.2. The third-order valence-electron chi connectivity index (χ3n) is 2.50. The zero-order valence-electron chi connectivity index (χ0n) is 10.6. The van der Waals surface area contributed by atoms with Crippen molar-refractivity contribution in [3.63, 3.8) is 0 Å². The summed E-state index contributed by atoms with van der Waals surface area (Å²) in [5.41, 5.74) is 1.46. The highest BCUT2D eigenvalue weighted by Gasteiger charge is 2.09. The summed E-state index contributed by atoms with van der Waals surface area (Å²) in [7, 11) is 0. The van der Waals surface area contributed by atoms with E-state index >= 15 is 0 Å². The smallest absolute Gasteiger partial charge is 0.254 e. The van der Waals surface area contributed by atoms with Gasteiger partial charge in [-0.2, -0.15) is 0 Å². The lowest BCUT2D eigenvalue weighted by molar-refractivity contribution is 0.0953. The second-order valence-corrected chi connectivity index (χ2v) is 3.91. The Kier molecular flexibility index (Phi) is 6.07. The number of anilines is 1. The van der Waals surface area contributed by atoms with E-state index in [1.165, 1.54) is 0 Å². The fourth-order valence-corrected chi connectivity index (χ4v) is 1.59. The fourth-order valence-electron chi connectivity index (χ4n) is 1.59. The number of hydrogen-bond donors (Lipinski definition) is 2. The molecule has 0 aliphatic heterocycles. The highest BCUT2D eigenvalue weighted by Crippen LogP contribution is 2.12. The molecule has 1 rings (SSSR count). The van der Waals surface area contributed by atoms with Crippen LogP contribution in [0.25, 0.3) is 0 Å². The van der Waals surface area contributed by atoms with Crippen LogP contribution in [-0.2, 0) is 0 Å². The molecule has 4 heteroatoms. The van der Waals surface area contributed by atoms with Gasteiger partial charge in [-0.25, -0.2) is 0 Å². The molecule has 1 amide bonds. The Balaban J connectivity index is 2.55. The molecule has 0 aliphatic rings. The molecule has 1 heterocycles. The Labute approximate surface area is 103 Å². The SMILES string of the molecule is CCCCCNC(=O)c1cnccc1NCC. The Bertz CT molecular complexity index is 352. The Hall–Kier alpha value is -1.58. The molecule has 0 aromatic carbocycles. The molecule has 0 bridgehead atoms. The molecule has 4 nitrogen and oxygen atoms in total. The lowest BCUT2D eigenvalue weighted by Crippen LogP contribution is -2.25. The van der Waals surface area contributed by atoms with Gasteiger partial charge in [0, 0.05) is 25.5 Å². The number of aromatic nitrogens is 1. The van der Waals surface area contributed by atoms with Gasteiger partial charge in [0.2, 0.25) is 0 Å². The van der Waals surface area contributed by atoms with Gasteiger partial charge in [-0.1, -0.05) is 19.8 Å². The number of carbonyl (C=O) groups excluding carboxylic acids is 1. The van der Waals surface area contributed by atoms with Crippen LogP contribution >= 0.6 is 0 Å². The summed E-state index contributed by atoms with van der Waals surface area (Å²) in [4.78, 5) is 15.9. The maximum Gasteiger partial charge on any atom is 0.254 e. The first-order chi connectivity index (χ1) is 8.29. The monoisotopic (exact) mass is 235 g/mol. The molecule has 0 saturated carbocycles. The summed E-state index contributed by atoms with van der Waals surface area (Å²) in [5, 5.41) is 6.07. The standard InChI is InChI=1S/C13H21N3O/c1-3-5-6-8-16-13(17)11-10-14-9-7-12(11)15-4-2/h7,9-10H,3-6,8H2,1-2H3,(H,14,15)(H,16,17). The highest BCUT2D eigenvalue weighted by molar-refractivity contribution is 5.99. The van der Waals surface area contributed by atoms with Gasteiger partial charge in [0.1, 0.15) is 0 Å². The van der Waals surface area contributed by atoms with Gasteiger partial charge < -0.3 is 10.6 Å². The Morgan fingerprint density at radius 1 is 1.35 bits per heavy atom. The van der Waals surface area contributed by atoms with Crippen LogP contribution in [0.5, 0.6) is 0 Å². The van der Waals surface area contributed by atoms with E-state index in [2.05, 4.69) is 22.5 Å². The minimum absolute atomic E-state index is 0.0508. The van der Waals surface area contributed by atoms with E-state index in [9.17, 15) is 4.79 Å². The molecule has 0 fully saturated rings. The molecule has 1 aromatic heterocycles. The lowest BCUT2D eigenvalue weighted by Gasteiger charge is -2.10. The summed E-state index contributed by atoms with van der Waals surface area (Å²) in [5.74, 6) is -0.0508. The molecule has 0 radical (unpaired) electrons. The third kappa shape index (κ3) is 4.43. The van der Waals surface area contributed by atoms with E-state index in [4.69, 9.17) is 0 Å². The average molecular weight is 235 g/mol. The maximum atomic E-state index is 11.9. The minimum atomic E-state index is -0.0508. The van der Waals surface area contributed by atoms with E-state index in [0.29, 0.717) is 5.56 Å². The predicted octanol–water partition coefficient (Wildman–Crippen LogP) is 2.43. The van der Waals surface area contributed by atoms with Gasteiger partial charge in [0.15, 0.2) is 0 Å². The quantitative estimate of drug-likeness (QED) is 0.714. The van der Waals surface area contributed by atoms with E-state index < -0.39 is 0 Å². The molecule has 0 aliphatic carbocycles. The van der Waals surface area contributed by atoms with Crippen LogP contribution in [0, 0.1) is 0 Å². The van der Waals surface area contributed by atoms with Crippen molar-refractivity contribution in [3.05, 3.63) is 24.0 Å².